The zero-order valence-corrected chi connectivity index (χ0v) is 10.8. The van der Waals surface area contributed by atoms with Crippen LogP contribution in [0.5, 0.6) is 0 Å². The molecule has 19 heavy (non-hydrogen) atoms. The molecule has 1 amide bonds. The first-order valence-electron chi connectivity index (χ1n) is 6.61. The highest BCUT2D eigenvalue weighted by Gasteiger charge is 2.14. The van der Waals surface area contributed by atoms with Gasteiger partial charge in [0.05, 0.1) is 18.9 Å². The van der Waals surface area contributed by atoms with Crippen molar-refractivity contribution in [3.8, 4) is 0 Å². The van der Waals surface area contributed by atoms with Crippen LogP contribution in [0.1, 0.15) is 18.4 Å². The molecule has 1 fully saturated rings. The second-order valence-corrected chi connectivity index (χ2v) is 4.74. The van der Waals surface area contributed by atoms with Gasteiger partial charge in [-0.1, -0.05) is 12.1 Å². The van der Waals surface area contributed by atoms with Crippen LogP contribution in [0, 0.1) is 0 Å². The Morgan fingerprint density at radius 3 is 2.47 bits per heavy atom. The Kier molecular flexibility index (Phi) is 3.46. The van der Waals surface area contributed by atoms with Gasteiger partial charge in [0.15, 0.2) is 0 Å². The average Bonchev–Trinajstić information content (AvgIpc) is 2.49. The van der Waals surface area contributed by atoms with Crippen molar-refractivity contribution in [3.63, 3.8) is 0 Å². The lowest BCUT2D eigenvalue weighted by Gasteiger charge is -2.29. The van der Waals surface area contributed by atoms with Gasteiger partial charge in [0.25, 0.3) is 0 Å². The van der Waals surface area contributed by atoms with Crippen molar-refractivity contribution >= 4 is 17.3 Å². The number of carbonyl (C=O) groups is 1. The fraction of sp³-hybridized carbons (Fsp3) is 0.429. The second kappa shape index (κ2) is 5.40. The minimum atomic E-state index is -0.00585. The fourth-order valence-corrected chi connectivity index (χ4v) is 2.37. The van der Waals surface area contributed by atoms with Crippen LogP contribution in [0.4, 0.5) is 5.69 Å². The maximum absolute atomic E-state index is 11.1. The molecule has 0 spiro atoms. The van der Waals surface area contributed by atoms with Gasteiger partial charge >= 0.3 is 0 Å². The molecule has 100 valence electrons. The molecule has 2 aliphatic rings. The number of benzene rings is 1. The fourth-order valence-electron chi connectivity index (χ4n) is 2.37. The molecule has 0 unspecified atom stereocenters. The van der Waals surface area contributed by atoms with Crippen LogP contribution in [0.25, 0.3) is 0 Å². The molecular formula is C14H17N3O2. The van der Waals surface area contributed by atoms with Crippen LogP contribution < -0.4 is 10.3 Å². The molecule has 5 heteroatoms. The Balaban J connectivity index is 1.73. The number of anilines is 1. The summed E-state index contributed by atoms with van der Waals surface area (Å²) >= 11 is 0. The van der Waals surface area contributed by atoms with E-state index in [1.807, 2.05) is 0 Å². The molecule has 1 saturated heterocycles. The van der Waals surface area contributed by atoms with Crippen molar-refractivity contribution < 1.29 is 9.53 Å². The summed E-state index contributed by atoms with van der Waals surface area (Å²) in [7, 11) is 0. The third-order valence-corrected chi connectivity index (χ3v) is 3.48. The summed E-state index contributed by atoms with van der Waals surface area (Å²) in [6.45, 7) is 3.47. The van der Waals surface area contributed by atoms with Gasteiger partial charge in [-0.25, -0.2) is 5.43 Å². The standard InChI is InChI=1S/C14H17N3O2/c18-14-6-5-13(15-16-14)11-1-3-12(4-2-11)17-7-9-19-10-8-17/h1-4H,5-10H2,(H,16,18). The maximum atomic E-state index is 11.1. The zero-order valence-electron chi connectivity index (χ0n) is 10.8. The normalized spacial score (nSPS) is 19.9. The van der Waals surface area contributed by atoms with E-state index < -0.39 is 0 Å². The molecule has 3 rings (SSSR count). The SMILES string of the molecule is O=C1CCC(c2ccc(N3CCOCC3)cc2)=NN1. The molecule has 1 aromatic rings. The van der Waals surface area contributed by atoms with Crippen LogP contribution >= 0.6 is 0 Å². The molecule has 0 atom stereocenters. The lowest BCUT2D eigenvalue weighted by Crippen LogP contribution is -2.36. The first kappa shape index (κ1) is 12.2. The van der Waals surface area contributed by atoms with Gasteiger partial charge in [-0.05, 0) is 17.7 Å². The molecule has 2 aliphatic heterocycles. The monoisotopic (exact) mass is 259 g/mol. The average molecular weight is 259 g/mol. The van der Waals surface area contributed by atoms with E-state index in [9.17, 15) is 4.79 Å². The smallest absolute Gasteiger partial charge is 0.240 e. The van der Waals surface area contributed by atoms with E-state index in [2.05, 4.69) is 39.7 Å². The molecule has 1 aromatic carbocycles. The number of hydrogen-bond donors (Lipinski definition) is 1. The lowest BCUT2D eigenvalue weighted by atomic mass is 10.0. The predicted molar refractivity (Wildman–Crippen MR) is 73.4 cm³/mol. The Hall–Kier alpha value is -1.88. The minimum absolute atomic E-state index is 0.00585. The van der Waals surface area contributed by atoms with E-state index >= 15 is 0 Å². The Bertz CT molecular complexity index is 490. The molecule has 0 aromatic heterocycles. The van der Waals surface area contributed by atoms with E-state index in [4.69, 9.17) is 4.74 Å². The van der Waals surface area contributed by atoms with Gasteiger partial charge in [0.2, 0.25) is 5.91 Å². The third kappa shape index (κ3) is 2.76. The number of amides is 1. The summed E-state index contributed by atoms with van der Waals surface area (Å²) in [6, 6.07) is 8.36. The topological polar surface area (TPSA) is 53.9 Å². The number of nitrogens with one attached hydrogen (secondary N) is 1. The lowest BCUT2D eigenvalue weighted by molar-refractivity contribution is -0.121. The van der Waals surface area contributed by atoms with Gasteiger partial charge in [0.1, 0.15) is 0 Å². The van der Waals surface area contributed by atoms with Crippen molar-refractivity contribution in [1.29, 1.82) is 0 Å². The predicted octanol–water partition coefficient (Wildman–Crippen LogP) is 1.14. The van der Waals surface area contributed by atoms with E-state index in [-0.39, 0.29) is 5.91 Å². The number of hydrazone groups is 1. The number of carbonyl (C=O) groups excluding carboxylic acids is 1. The molecule has 1 N–H and O–H groups in total. The summed E-state index contributed by atoms with van der Waals surface area (Å²) in [5.74, 6) is -0.00585. The Morgan fingerprint density at radius 2 is 1.84 bits per heavy atom. The summed E-state index contributed by atoms with van der Waals surface area (Å²) in [5.41, 5.74) is 5.78. The highest BCUT2D eigenvalue weighted by atomic mass is 16.5. The van der Waals surface area contributed by atoms with Crippen molar-refractivity contribution in [2.24, 2.45) is 5.10 Å². The molecule has 0 saturated carbocycles. The van der Waals surface area contributed by atoms with Crippen LogP contribution in [-0.2, 0) is 9.53 Å². The summed E-state index contributed by atoms with van der Waals surface area (Å²) in [6.07, 6.45) is 1.23. The molecule has 5 nitrogen and oxygen atoms in total. The van der Waals surface area contributed by atoms with Crippen molar-refractivity contribution in [2.75, 3.05) is 31.2 Å². The number of rotatable bonds is 2. The summed E-state index contributed by atoms with van der Waals surface area (Å²) in [4.78, 5) is 13.4. The van der Waals surface area contributed by atoms with Crippen molar-refractivity contribution in [3.05, 3.63) is 29.8 Å². The van der Waals surface area contributed by atoms with Crippen molar-refractivity contribution in [1.82, 2.24) is 5.43 Å². The summed E-state index contributed by atoms with van der Waals surface area (Å²) < 4.78 is 5.35. The molecule has 0 bridgehead atoms. The van der Waals surface area contributed by atoms with Crippen LogP contribution in [0.15, 0.2) is 29.4 Å². The van der Waals surface area contributed by atoms with Gasteiger partial charge < -0.3 is 9.64 Å². The Morgan fingerprint density at radius 1 is 1.11 bits per heavy atom. The van der Waals surface area contributed by atoms with Crippen molar-refractivity contribution in [2.45, 2.75) is 12.8 Å². The summed E-state index contributed by atoms with van der Waals surface area (Å²) in [5, 5.41) is 4.11. The van der Waals surface area contributed by atoms with E-state index in [1.54, 1.807) is 0 Å². The second-order valence-electron chi connectivity index (χ2n) is 4.74. The molecule has 2 heterocycles. The van der Waals surface area contributed by atoms with E-state index in [1.165, 1.54) is 5.69 Å². The number of hydrogen-bond acceptors (Lipinski definition) is 4. The van der Waals surface area contributed by atoms with Crippen LogP contribution in [0.2, 0.25) is 0 Å². The quantitative estimate of drug-likeness (QED) is 0.866. The Labute approximate surface area is 112 Å². The number of nitrogens with zero attached hydrogens (tertiary/aromatic N) is 2. The van der Waals surface area contributed by atoms with E-state index in [0.29, 0.717) is 12.8 Å². The first-order chi connectivity index (χ1) is 9.33. The highest BCUT2D eigenvalue weighted by molar-refractivity contribution is 6.04. The number of ether oxygens (including phenoxy) is 1. The molecular weight excluding hydrogens is 242 g/mol. The highest BCUT2D eigenvalue weighted by Crippen LogP contribution is 2.18. The van der Waals surface area contributed by atoms with E-state index in [0.717, 1.165) is 37.6 Å². The van der Waals surface area contributed by atoms with Gasteiger partial charge in [-0.2, -0.15) is 5.10 Å². The van der Waals surface area contributed by atoms with Gasteiger partial charge in [0, 0.05) is 31.6 Å². The molecule has 0 aliphatic carbocycles. The number of morpholine rings is 1. The van der Waals surface area contributed by atoms with Gasteiger partial charge in [-0.15, -0.1) is 0 Å². The van der Waals surface area contributed by atoms with Gasteiger partial charge in [-0.3, -0.25) is 4.79 Å². The first-order valence-corrected chi connectivity index (χ1v) is 6.61. The van der Waals surface area contributed by atoms with Crippen LogP contribution in [0.3, 0.4) is 0 Å². The zero-order chi connectivity index (χ0) is 13.1. The van der Waals surface area contributed by atoms with Crippen LogP contribution in [-0.4, -0.2) is 37.9 Å². The third-order valence-electron chi connectivity index (χ3n) is 3.48. The molecule has 0 radical (unpaired) electrons. The largest absolute Gasteiger partial charge is 0.378 e. The maximum Gasteiger partial charge on any atom is 0.240 e. The minimum Gasteiger partial charge on any atom is -0.378 e.